The number of furan rings is 1. The smallest absolute Gasteiger partial charge is 0.237 e. The standard InChI is InChI=1S/C40H24N4O/c1-2-13-26(14-3-1)37-39-38(30-18-8-11-21-34(30)45-39)42-40(41-37)44-33-23-22-25-12-4-6-16-28(25)36(33)29-17-7-10-20-32(29)43-31-19-9-5-15-27(31)24-35(43)44/h1-24H. The van der Waals surface area contributed by atoms with Crippen molar-refractivity contribution in [1.82, 2.24) is 14.5 Å². The third-order valence-electron chi connectivity index (χ3n) is 8.94. The normalized spacial score (nSPS) is 12.4. The topological polar surface area (TPSA) is 47.1 Å². The molecule has 5 nitrogen and oxygen atoms in total. The zero-order valence-corrected chi connectivity index (χ0v) is 24.1. The summed E-state index contributed by atoms with van der Waals surface area (Å²) >= 11 is 0. The lowest BCUT2D eigenvalue weighted by Gasteiger charge is -2.25. The summed E-state index contributed by atoms with van der Waals surface area (Å²) in [6.07, 6.45) is 0. The van der Waals surface area contributed by atoms with Crippen LogP contribution in [0.4, 0.5) is 17.5 Å². The molecular weight excluding hydrogens is 552 g/mol. The van der Waals surface area contributed by atoms with Crippen molar-refractivity contribution >= 4 is 61.2 Å². The number of rotatable bonds is 2. The molecule has 0 N–H and O–H groups in total. The van der Waals surface area contributed by atoms with Gasteiger partial charge >= 0.3 is 0 Å². The number of para-hydroxylation sites is 3. The number of fused-ring (bicyclic) bond motifs is 12. The van der Waals surface area contributed by atoms with E-state index in [4.69, 9.17) is 14.4 Å². The lowest BCUT2D eigenvalue weighted by molar-refractivity contribution is 0.667. The van der Waals surface area contributed by atoms with Crippen LogP contribution in [-0.2, 0) is 0 Å². The molecule has 3 aromatic heterocycles. The average molecular weight is 577 g/mol. The van der Waals surface area contributed by atoms with Gasteiger partial charge in [0.25, 0.3) is 0 Å². The van der Waals surface area contributed by atoms with Gasteiger partial charge in [0.15, 0.2) is 5.58 Å². The fraction of sp³-hybridized carbons (Fsp3) is 0. The highest BCUT2D eigenvalue weighted by atomic mass is 16.3. The van der Waals surface area contributed by atoms with Gasteiger partial charge in [-0.25, -0.2) is 9.97 Å². The molecule has 5 heteroatoms. The van der Waals surface area contributed by atoms with Gasteiger partial charge in [0, 0.05) is 27.5 Å². The molecule has 0 aliphatic carbocycles. The Morgan fingerprint density at radius 3 is 2.20 bits per heavy atom. The molecule has 0 fully saturated rings. The summed E-state index contributed by atoms with van der Waals surface area (Å²) in [5.41, 5.74) is 9.58. The molecule has 1 aliphatic heterocycles. The first kappa shape index (κ1) is 24.3. The Hall–Kier alpha value is -6.20. The second-order valence-electron chi connectivity index (χ2n) is 11.4. The zero-order valence-electron chi connectivity index (χ0n) is 24.1. The van der Waals surface area contributed by atoms with Crippen molar-refractivity contribution in [3.63, 3.8) is 0 Å². The molecule has 0 spiro atoms. The van der Waals surface area contributed by atoms with Crippen LogP contribution >= 0.6 is 0 Å². The Morgan fingerprint density at radius 2 is 1.29 bits per heavy atom. The van der Waals surface area contributed by atoms with Crippen LogP contribution in [0.5, 0.6) is 0 Å². The summed E-state index contributed by atoms with van der Waals surface area (Å²) in [5.74, 6) is 1.56. The van der Waals surface area contributed by atoms with E-state index in [1.807, 2.05) is 36.4 Å². The number of hydrogen-bond acceptors (Lipinski definition) is 4. The van der Waals surface area contributed by atoms with Gasteiger partial charge in [-0.15, -0.1) is 0 Å². The molecule has 0 unspecified atom stereocenters. The molecule has 45 heavy (non-hydrogen) atoms. The molecule has 1 aliphatic rings. The lowest BCUT2D eigenvalue weighted by atomic mass is 9.95. The molecule has 0 saturated heterocycles. The van der Waals surface area contributed by atoms with E-state index in [2.05, 4.69) is 119 Å². The second kappa shape index (κ2) is 9.15. The molecule has 10 rings (SSSR count). The minimum atomic E-state index is 0.585. The highest BCUT2D eigenvalue weighted by Crippen LogP contribution is 2.51. The summed E-state index contributed by atoms with van der Waals surface area (Å²) in [6, 6.07) is 50.8. The van der Waals surface area contributed by atoms with Crippen LogP contribution in [0.2, 0.25) is 0 Å². The van der Waals surface area contributed by atoms with Gasteiger partial charge in [0.1, 0.15) is 22.6 Å². The fourth-order valence-electron chi connectivity index (χ4n) is 6.97. The van der Waals surface area contributed by atoms with E-state index < -0.39 is 0 Å². The summed E-state index contributed by atoms with van der Waals surface area (Å²) in [4.78, 5) is 12.9. The SMILES string of the molecule is c1ccc(-c2nc(N3c4ccc5ccccc5c4-c4ccccc4-n4c3cc3ccccc34)nc3c2oc2ccccc23)cc1. The first-order valence-electron chi connectivity index (χ1n) is 15.1. The van der Waals surface area contributed by atoms with Crippen molar-refractivity contribution in [2.75, 3.05) is 4.90 Å². The molecule has 0 atom stereocenters. The van der Waals surface area contributed by atoms with Crippen LogP contribution < -0.4 is 4.90 Å². The van der Waals surface area contributed by atoms with Gasteiger partial charge in [-0.1, -0.05) is 109 Å². The molecule has 210 valence electrons. The third kappa shape index (κ3) is 3.43. The van der Waals surface area contributed by atoms with Crippen LogP contribution in [0.3, 0.4) is 0 Å². The maximum Gasteiger partial charge on any atom is 0.237 e. The maximum absolute atomic E-state index is 6.45. The lowest BCUT2D eigenvalue weighted by Crippen LogP contribution is -2.16. The Labute approximate surface area is 258 Å². The van der Waals surface area contributed by atoms with Crippen LogP contribution in [0.15, 0.2) is 150 Å². The predicted molar refractivity (Wildman–Crippen MR) is 183 cm³/mol. The maximum atomic E-state index is 6.45. The largest absolute Gasteiger partial charge is 0.452 e. The minimum Gasteiger partial charge on any atom is -0.452 e. The Morgan fingerprint density at radius 1 is 0.556 bits per heavy atom. The van der Waals surface area contributed by atoms with Crippen molar-refractivity contribution in [3.8, 4) is 28.1 Å². The quantitative estimate of drug-likeness (QED) is 0.205. The number of aromatic nitrogens is 3. The van der Waals surface area contributed by atoms with Gasteiger partial charge in [0.2, 0.25) is 5.95 Å². The number of hydrogen-bond donors (Lipinski definition) is 0. The summed E-state index contributed by atoms with van der Waals surface area (Å²) in [6.45, 7) is 0. The van der Waals surface area contributed by atoms with Gasteiger partial charge in [-0.05, 0) is 47.2 Å². The molecular formula is C40H24N4O. The van der Waals surface area contributed by atoms with Crippen molar-refractivity contribution in [2.45, 2.75) is 0 Å². The van der Waals surface area contributed by atoms with Crippen LogP contribution in [-0.4, -0.2) is 14.5 Å². The van der Waals surface area contributed by atoms with E-state index in [9.17, 15) is 0 Å². The molecule has 0 bridgehead atoms. The Kier molecular flexibility index (Phi) is 4.93. The Bertz CT molecular complexity index is 2610. The molecule has 0 amide bonds. The van der Waals surface area contributed by atoms with Gasteiger partial charge in [-0.3, -0.25) is 9.47 Å². The Balaban J connectivity index is 1.39. The van der Waals surface area contributed by atoms with E-state index >= 15 is 0 Å². The van der Waals surface area contributed by atoms with Gasteiger partial charge in [-0.2, -0.15) is 0 Å². The second-order valence-corrected chi connectivity index (χ2v) is 11.4. The summed E-state index contributed by atoms with van der Waals surface area (Å²) < 4.78 is 8.80. The minimum absolute atomic E-state index is 0.585. The molecule has 6 aromatic carbocycles. The molecule has 0 radical (unpaired) electrons. The van der Waals surface area contributed by atoms with Crippen LogP contribution in [0.1, 0.15) is 0 Å². The molecule has 4 heterocycles. The van der Waals surface area contributed by atoms with E-state index in [-0.39, 0.29) is 0 Å². The van der Waals surface area contributed by atoms with E-state index in [0.29, 0.717) is 11.5 Å². The number of nitrogens with zero attached hydrogens (tertiary/aromatic N) is 4. The van der Waals surface area contributed by atoms with Crippen molar-refractivity contribution < 1.29 is 4.42 Å². The number of benzene rings is 6. The van der Waals surface area contributed by atoms with E-state index in [0.717, 1.165) is 67.0 Å². The van der Waals surface area contributed by atoms with Crippen LogP contribution in [0.25, 0.3) is 71.8 Å². The average Bonchev–Trinajstić information content (AvgIpc) is 3.64. The zero-order chi connectivity index (χ0) is 29.5. The number of anilines is 3. The van der Waals surface area contributed by atoms with Crippen molar-refractivity contribution in [1.29, 1.82) is 0 Å². The summed E-state index contributed by atoms with van der Waals surface area (Å²) in [5, 5.41) is 4.48. The van der Waals surface area contributed by atoms with Crippen molar-refractivity contribution in [3.05, 3.63) is 146 Å². The molecule has 0 saturated carbocycles. The molecule has 9 aromatic rings. The first-order chi connectivity index (χ1) is 22.3. The van der Waals surface area contributed by atoms with Gasteiger partial charge < -0.3 is 4.42 Å². The monoisotopic (exact) mass is 576 g/mol. The highest BCUT2D eigenvalue weighted by molar-refractivity contribution is 6.10. The van der Waals surface area contributed by atoms with Crippen molar-refractivity contribution in [2.24, 2.45) is 0 Å². The highest BCUT2D eigenvalue weighted by Gasteiger charge is 2.31. The predicted octanol–water partition coefficient (Wildman–Crippen LogP) is 10.6. The summed E-state index contributed by atoms with van der Waals surface area (Å²) in [7, 11) is 0. The van der Waals surface area contributed by atoms with E-state index in [1.165, 1.54) is 10.8 Å². The van der Waals surface area contributed by atoms with E-state index in [1.54, 1.807) is 0 Å². The third-order valence-corrected chi connectivity index (χ3v) is 8.94. The van der Waals surface area contributed by atoms with Crippen LogP contribution in [0, 0.1) is 0 Å². The van der Waals surface area contributed by atoms with Gasteiger partial charge in [0.05, 0.1) is 16.9 Å². The fourth-order valence-corrected chi connectivity index (χ4v) is 6.97. The first-order valence-corrected chi connectivity index (χ1v) is 15.1.